The molecule has 0 saturated heterocycles. The zero-order valence-corrected chi connectivity index (χ0v) is 12.4. The minimum Gasteiger partial charge on any atom is -0.478 e. The zero-order chi connectivity index (χ0) is 15.2. The van der Waals surface area contributed by atoms with Crippen molar-refractivity contribution in [2.24, 2.45) is 0 Å². The molecule has 1 aromatic rings. The third-order valence-electron chi connectivity index (χ3n) is 2.13. The number of carboxylic acids is 1. The van der Waals surface area contributed by atoms with E-state index < -0.39 is 28.6 Å². The summed E-state index contributed by atoms with van der Waals surface area (Å²) >= 11 is 16.2. The van der Waals surface area contributed by atoms with Crippen LogP contribution in [-0.2, 0) is 20.7 Å². The lowest BCUT2D eigenvalue weighted by Crippen LogP contribution is -2.30. The van der Waals surface area contributed by atoms with Crippen LogP contribution in [0.15, 0.2) is 30.3 Å². The fraction of sp³-hybridized carbons (Fsp3) is 0.333. The van der Waals surface area contributed by atoms with E-state index in [1.54, 1.807) is 30.3 Å². The van der Waals surface area contributed by atoms with E-state index in [0.717, 1.165) is 0 Å². The van der Waals surface area contributed by atoms with Crippen LogP contribution in [0.5, 0.6) is 0 Å². The van der Waals surface area contributed by atoms with Gasteiger partial charge in [0, 0.05) is 6.42 Å². The standard InChI is InChI=1S/C12H11Cl3O5/c13-12(14,15)7-19-11(18)20-9(10(16)17)6-8-4-2-1-3-5-8/h1-5,9H,6-7H2,(H,16,17). The fourth-order valence-corrected chi connectivity index (χ4v) is 1.46. The van der Waals surface area contributed by atoms with Crippen molar-refractivity contribution in [3.8, 4) is 0 Å². The van der Waals surface area contributed by atoms with Crippen molar-refractivity contribution in [3.05, 3.63) is 35.9 Å². The van der Waals surface area contributed by atoms with Crippen LogP contribution in [0.25, 0.3) is 0 Å². The van der Waals surface area contributed by atoms with Gasteiger partial charge in [0.05, 0.1) is 0 Å². The SMILES string of the molecule is O=C(OCC(Cl)(Cl)Cl)OC(Cc1ccccc1)C(=O)O. The molecule has 0 aromatic heterocycles. The van der Waals surface area contributed by atoms with Gasteiger partial charge in [-0.3, -0.25) is 0 Å². The normalized spacial score (nSPS) is 12.6. The van der Waals surface area contributed by atoms with Crippen LogP contribution in [0.1, 0.15) is 5.56 Å². The number of benzene rings is 1. The van der Waals surface area contributed by atoms with Gasteiger partial charge in [0.2, 0.25) is 9.90 Å². The molecule has 110 valence electrons. The molecule has 0 bridgehead atoms. The van der Waals surface area contributed by atoms with Gasteiger partial charge in [-0.05, 0) is 5.56 Å². The molecule has 5 nitrogen and oxygen atoms in total. The quantitative estimate of drug-likeness (QED) is 0.657. The first-order valence-electron chi connectivity index (χ1n) is 5.45. The van der Waals surface area contributed by atoms with E-state index in [1.807, 2.05) is 0 Å². The molecule has 1 unspecified atom stereocenters. The summed E-state index contributed by atoms with van der Waals surface area (Å²) in [7, 11) is 0. The number of alkyl halides is 3. The smallest absolute Gasteiger partial charge is 0.478 e. The van der Waals surface area contributed by atoms with Gasteiger partial charge in [0.25, 0.3) is 0 Å². The minimum atomic E-state index is -1.78. The maximum atomic E-state index is 11.3. The molecule has 20 heavy (non-hydrogen) atoms. The highest BCUT2D eigenvalue weighted by Gasteiger charge is 2.27. The summed E-state index contributed by atoms with van der Waals surface area (Å²) in [4.78, 5) is 22.3. The number of aliphatic carboxylic acids is 1. The van der Waals surface area contributed by atoms with Crippen LogP contribution in [-0.4, -0.2) is 33.7 Å². The van der Waals surface area contributed by atoms with E-state index in [-0.39, 0.29) is 6.42 Å². The Morgan fingerprint density at radius 3 is 2.30 bits per heavy atom. The number of ether oxygens (including phenoxy) is 2. The Balaban J connectivity index is 2.55. The second kappa shape index (κ2) is 7.57. The average molecular weight is 342 g/mol. The van der Waals surface area contributed by atoms with E-state index >= 15 is 0 Å². The first-order valence-corrected chi connectivity index (χ1v) is 6.58. The number of carbonyl (C=O) groups is 2. The van der Waals surface area contributed by atoms with Crippen molar-refractivity contribution in [3.63, 3.8) is 0 Å². The summed E-state index contributed by atoms with van der Waals surface area (Å²) in [6.07, 6.45) is -2.57. The summed E-state index contributed by atoms with van der Waals surface area (Å²) in [5, 5.41) is 9.00. The van der Waals surface area contributed by atoms with Gasteiger partial charge in [-0.1, -0.05) is 65.1 Å². The van der Waals surface area contributed by atoms with Gasteiger partial charge in [0.15, 0.2) is 0 Å². The number of carboxylic acid groups (broad SMARTS) is 1. The predicted octanol–water partition coefficient (Wildman–Crippen LogP) is 3.21. The molecule has 0 amide bonds. The highest BCUT2D eigenvalue weighted by molar-refractivity contribution is 6.67. The Morgan fingerprint density at radius 2 is 1.80 bits per heavy atom. The van der Waals surface area contributed by atoms with Gasteiger partial charge in [-0.25, -0.2) is 9.59 Å². The van der Waals surface area contributed by atoms with Gasteiger partial charge in [0.1, 0.15) is 6.61 Å². The number of halogens is 3. The molecule has 1 atom stereocenters. The van der Waals surface area contributed by atoms with E-state index in [4.69, 9.17) is 39.9 Å². The second-order valence-electron chi connectivity index (χ2n) is 3.79. The highest BCUT2D eigenvalue weighted by Crippen LogP contribution is 2.26. The number of hydrogen-bond donors (Lipinski definition) is 1. The van der Waals surface area contributed by atoms with Crippen LogP contribution >= 0.6 is 34.8 Å². The molecular formula is C12H11Cl3O5. The summed E-state index contributed by atoms with van der Waals surface area (Å²) < 4.78 is 7.40. The van der Waals surface area contributed by atoms with Crippen molar-refractivity contribution in [2.45, 2.75) is 16.3 Å². The molecule has 1 N–H and O–H groups in total. The Labute approximate surface area is 130 Å². The number of rotatable bonds is 5. The van der Waals surface area contributed by atoms with Crippen LogP contribution in [0, 0.1) is 0 Å². The van der Waals surface area contributed by atoms with Crippen molar-refractivity contribution in [1.82, 2.24) is 0 Å². The van der Waals surface area contributed by atoms with Crippen molar-refractivity contribution in [2.75, 3.05) is 6.61 Å². The fourth-order valence-electron chi connectivity index (χ4n) is 1.30. The van der Waals surface area contributed by atoms with Crippen LogP contribution < -0.4 is 0 Å². The molecule has 0 aliphatic rings. The van der Waals surface area contributed by atoms with Gasteiger partial charge >= 0.3 is 12.1 Å². The Kier molecular flexibility index (Phi) is 6.39. The van der Waals surface area contributed by atoms with Crippen LogP contribution in [0.4, 0.5) is 4.79 Å². The molecule has 0 heterocycles. The Hall–Kier alpha value is -1.17. The first kappa shape index (κ1) is 16.9. The summed E-state index contributed by atoms with van der Waals surface area (Å²) in [5.41, 5.74) is 0.703. The maximum Gasteiger partial charge on any atom is 0.509 e. The second-order valence-corrected chi connectivity index (χ2v) is 6.30. The van der Waals surface area contributed by atoms with E-state index in [1.165, 1.54) is 0 Å². The van der Waals surface area contributed by atoms with Gasteiger partial charge in [-0.15, -0.1) is 0 Å². The van der Waals surface area contributed by atoms with Gasteiger partial charge in [-0.2, -0.15) is 0 Å². The molecule has 8 heteroatoms. The zero-order valence-electron chi connectivity index (χ0n) is 10.1. The average Bonchev–Trinajstić information content (AvgIpc) is 2.36. The lowest BCUT2D eigenvalue weighted by molar-refractivity contribution is -0.148. The third-order valence-corrected chi connectivity index (χ3v) is 2.46. The summed E-state index contributed by atoms with van der Waals surface area (Å²) in [6.45, 7) is -0.534. The molecule has 0 radical (unpaired) electrons. The van der Waals surface area contributed by atoms with Crippen LogP contribution in [0.3, 0.4) is 0 Å². The third kappa shape index (κ3) is 6.84. The summed E-state index contributed by atoms with van der Waals surface area (Å²) in [6, 6.07) is 8.71. The lowest BCUT2D eigenvalue weighted by Gasteiger charge is -2.15. The van der Waals surface area contributed by atoms with Gasteiger partial charge < -0.3 is 14.6 Å². The predicted molar refractivity (Wildman–Crippen MR) is 74.3 cm³/mol. The monoisotopic (exact) mass is 340 g/mol. The van der Waals surface area contributed by atoms with Crippen LogP contribution in [0.2, 0.25) is 0 Å². The van der Waals surface area contributed by atoms with E-state index in [9.17, 15) is 9.59 Å². The topological polar surface area (TPSA) is 72.8 Å². The van der Waals surface area contributed by atoms with E-state index in [2.05, 4.69) is 9.47 Å². The molecule has 1 rings (SSSR count). The maximum absolute atomic E-state index is 11.3. The van der Waals surface area contributed by atoms with Crippen molar-refractivity contribution in [1.29, 1.82) is 0 Å². The molecule has 0 spiro atoms. The lowest BCUT2D eigenvalue weighted by atomic mass is 10.1. The van der Waals surface area contributed by atoms with Crippen molar-refractivity contribution < 1.29 is 24.2 Å². The Morgan fingerprint density at radius 1 is 1.20 bits per heavy atom. The first-order chi connectivity index (χ1) is 9.28. The molecule has 1 aromatic carbocycles. The minimum absolute atomic E-state index is 0.0129. The molecule has 0 fully saturated rings. The molecule has 0 aliphatic carbocycles. The highest BCUT2D eigenvalue weighted by atomic mass is 35.6. The number of hydrogen-bond acceptors (Lipinski definition) is 4. The Bertz CT molecular complexity index is 458. The van der Waals surface area contributed by atoms with E-state index in [0.29, 0.717) is 5.56 Å². The number of carbonyl (C=O) groups excluding carboxylic acids is 1. The molecular weight excluding hydrogens is 330 g/mol. The van der Waals surface area contributed by atoms with Crippen molar-refractivity contribution >= 4 is 46.9 Å². The largest absolute Gasteiger partial charge is 0.509 e. The summed E-state index contributed by atoms with van der Waals surface area (Å²) in [5.74, 6) is -1.29. The molecule has 0 saturated carbocycles. The molecule has 0 aliphatic heterocycles.